The lowest BCUT2D eigenvalue weighted by Crippen LogP contribution is -2.00. The van der Waals surface area contributed by atoms with Crippen molar-refractivity contribution in [1.29, 1.82) is 0 Å². The zero-order valence-electron chi connectivity index (χ0n) is 12.3. The molecule has 0 spiro atoms. The van der Waals surface area contributed by atoms with Crippen molar-refractivity contribution in [2.75, 3.05) is 12.4 Å². The molecule has 4 nitrogen and oxygen atoms in total. The van der Waals surface area contributed by atoms with Gasteiger partial charge in [0, 0.05) is 11.3 Å². The Morgan fingerprint density at radius 3 is 2.77 bits per heavy atom. The quantitative estimate of drug-likeness (QED) is 0.553. The SMILES string of the molecule is Cc1cccc(OCCSc2n[nH]c(-c3ccccc3)n2)c1. The lowest BCUT2D eigenvalue weighted by molar-refractivity contribution is 0.343. The Balaban J connectivity index is 1.49. The van der Waals surface area contributed by atoms with E-state index in [9.17, 15) is 0 Å². The Morgan fingerprint density at radius 1 is 1.09 bits per heavy atom. The minimum Gasteiger partial charge on any atom is -0.493 e. The van der Waals surface area contributed by atoms with Crippen LogP contribution in [0, 0.1) is 6.92 Å². The summed E-state index contributed by atoms with van der Waals surface area (Å²) in [4.78, 5) is 4.48. The summed E-state index contributed by atoms with van der Waals surface area (Å²) in [6.07, 6.45) is 0. The van der Waals surface area contributed by atoms with E-state index in [0.717, 1.165) is 28.0 Å². The fraction of sp³-hybridized carbons (Fsp3) is 0.176. The fourth-order valence-corrected chi connectivity index (χ4v) is 2.65. The number of nitrogens with one attached hydrogen (secondary N) is 1. The maximum Gasteiger partial charge on any atom is 0.208 e. The molecule has 3 rings (SSSR count). The number of aryl methyl sites for hydroxylation is 1. The number of ether oxygens (including phenoxy) is 1. The van der Waals surface area contributed by atoms with Crippen LogP contribution in [0.4, 0.5) is 0 Å². The van der Waals surface area contributed by atoms with Crippen molar-refractivity contribution in [3.63, 3.8) is 0 Å². The average molecular weight is 311 g/mol. The van der Waals surface area contributed by atoms with Crippen LogP contribution in [0.5, 0.6) is 5.75 Å². The summed E-state index contributed by atoms with van der Waals surface area (Å²) in [5.74, 6) is 2.50. The van der Waals surface area contributed by atoms with Gasteiger partial charge in [0.2, 0.25) is 5.16 Å². The number of aromatic amines is 1. The van der Waals surface area contributed by atoms with Crippen LogP contribution in [0.15, 0.2) is 59.8 Å². The highest BCUT2D eigenvalue weighted by Gasteiger charge is 2.05. The molecule has 0 fully saturated rings. The first-order valence-electron chi connectivity index (χ1n) is 7.11. The second-order valence-electron chi connectivity index (χ2n) is 4.85. The average Bonchev–Trinajstić information content (AvgIpc) is 3.01. The van der Waals surface area contributed by atoms with Crippen molar-refractivity contribution in [3.8, 4) is 17.1 Å². The highest BCUT2D eigenvalue weighted by atomic mass is 32.2. The molecular weight excluding hydrogens is 294 g/mol. The van der Waals surface area contributed by atoms with Crippen molar-refractivity contribution in [2.45, 2.75) is 12.1 Å². The van der Waals surface area contributed by atoms with E-state index >= 15 is 0 Å². The molecule has 22 heavy (non-hydrogen) atoms. The third kappa shape index (κ3) is 3.89. The lowest BCUT2D eigenvalue weighted by atomic mass is 10.2. The predicted molar refractivity (Wildman–Crippen MR) is 89.2 cm³/mol. The molecular formula is C17H17N3OS. The summed E-state index contributed by atoms with van der Waals surface area (Å²) in [6.45, 7) is 2.68. The first kappa shape index (κ1) is 14.7. The lowest BCUT2D eigenvalue weighted by Gasteiger charge is -2.05. The first-order valence-corrected chi connectivity index (χ1v) is 8.10. The minimum absolute atomic E-state index is 0.628. The molecule has 112 valence electrons. The smallest absolute Gasteiger partial charge is 0.208 e. The van der Waals surface area contributed by atoms with Crippen molar-refractivity contribution in [2.24, 2.45) is 0 Å². The molecule has 0 aliphatic rings. The van der Waals surface area contributed by atoms with Crippen molar-refractivity contribution >= 4 is 11.8 Å². The topological polar surface area (TPSA) is 50.8 Å². The van der Waals surface area contributed by atoms with Crippen LogP contribution in [-0.4, -0.2) is 27.5 Å². The van der Waals surface area contributed by atoms with Gasteiger partial charge in [-0.1, -0.05) is 54.2 Å². The third-order valence-electron chi connectivity index (χ3n) is 3.08. The molecule has 0 unspecified atom stereocenters. The van der Waals surface area contributed by atoms with Crippen LogP contribution in [0.3, 0.4) is 0 Å². The number of benzene rings is 2. The molecule has 0 bridgehead atoms. The molecule has 3 aromatic rings. The molecule has 0 aliphatic carbocycles. The molecule has 0 saturated heterocycles. The molecule has 1 N–H and O–H groups in total. The van der Waals surface area contributed by atoms with Crippen molar-refractivity contribution < 1.29 is 4.74 Å². The summed E-state index contributed by atoms with van der Waals surface area (Å²) in [5, 5.41) is 7.93. The first-order chi connectivity index (χ1) is 10.8. The Hall–Kier alpha value is -2.27. The van der Waals surface area contributed by atoms with Gasteiger partial charge in [-0.15, -0.1) is 5.10 Å². The van der Waals surface area contributed by atoms with Gasteiger partial charge in [-0.05, 0) is 24.6 Å². The Kier molecular flexibility index (Phi) is 4.75. The number of H-pyrrole nitrogens is 1. The van der Waals surface area contributed by atoms with E-state index in [1.807, 2.05) is 48.5 Å². The Labute approximate surface area is 133 Å². The van der Waals surface area contributed by atoms with Gasteiger partial charge in [0.25, 0.3) is 0 Å². The minimum atomic E-state index is 0.628. The van der Waals surface area contributed by atoms with Crippen LogP contribution in [0.2, 0.25) is 0 Å². The summed E-state index contributed by atoms with van der Waals surface area (Å²) < 4.78 is 5.71. The van der Waals surface area contributed by atoms with Gasteiger partial charge in [0.05, 0.1) is 6.61 Å². The van der Waals surface area contributed by atoms with E-state index in [2.05, 4.69) is 28.2 Å². The summed E-state index contributed by atoms with van der Waals surface area (Å²) >= 11 is 1.58. The number of aromatic nitrogens is 3. The molecule has 1 heterocycles. The van der Waals surface area contributed by atoms with Gasteiger partial charge in [0.15, 0.2) is 5.82 Å². The zero-order chi connectivity index (χ0) is 15.2. The van der Waals surface area contributed by atoms with Gasteiger partial charge in [-0.3, -0.25) is 5.10 Å². The number of nitrogens with zero attached hydrogens (tertiary/aromatic N) is 2. The molecule has 2 aromatic carbocycles. The van der Waals surface area contributed by atoms with E-state index in [4.69, 9.17) is 4.74 Å². The Morgan fingerprint density at radius 2 is 1.95 bits per heavy atom. The van der Waals surface area contributed by atoms with Crippen LogP contribution in [0.1, 0.15) is 5.56 Å². The zero-order valence-corrected chi connectivity index (χ0v) is 13.1. The highest BCUT2D eigenvalue weighted by Crippen LogP contribution is 2.19. The van der Waals surface area contributed by atoms with E-state index in [-0.39, 0.29) is 0 Å². The number of hydrogen-bond donors (Lipinski definition) is 1. The molecule has 5 heteroatoms. The third-order valence-corrected chi connectivity index (χ3v) is 3.90. The monoisotopic (exact) mass is 311 g/mol. The van der Waals surface area contributed by atoms with Gasteiger partial charge >= 0.3 is 0 Å². The maximum absolute atomic E-state index is 5.71. The van der Waals surface area contributed by atoms with Crippen LogP contribution < -0.4 is 4.74 Å². The standard InChI is InChI=1S/C17H17N3OS/c1-13-6-5-9-15(12-13)21-10-11-22-17-18-16(19-20-17)14-7-3-2-4-8-14/h2-9,12H,10-11H2,1H3,(H,18,19,20). The molecule has 0 aliphatic heterocycles. The molecule has 1 aromatic heterocycles. The Bertz CT molecular complexity index is 728. The summed E-state index contributed by atoms with van der Waals surface area (Å²) in [7, 11) is 0. The van der Waals surface area contributed by atoms with Crippen LogP contribution >= 0.6 is 11.8 Å². The second kappa shape index (κ2) is 7.13. The number of thioether (sulfide) groups is 1. The van der Waals surface area contributed by atoms with Gasteiger partial charge in [0.1, 0.15) is 5.75 Å². The second-order valence-corrected chi connectivity index (χ2v) is 5.91. The van der Waals surface area contributed by atoms with Crippen molar-refractivity contribution in [1.82, 2.24) is 15.2 Å². The largest absolute Gasteiger partial charge is 0.493 e. The van der Waals surface area contributed by atoms with E-state index in [1.165, 1.54) is 5.56 Å². The van der Waals surface area contributed by atoms with Gasteiger partial charge < -0.3 is 4.74 Å². The normalized spacial score (nSPS) is 10.6. The molecule has 0 amide bonds. The number of hydrogen-bond acceptors (Lipinski definition) is 4. The van der Waals surface area contributed by atoms with E-state index in [0.29, 0.717) is 6.61 Å². The molecule has 0 saturated carbocycles. The maximum atomic E-state index is 5.71. The van der Waals surface area contributed by atoms with Crippen LogP contribution in [-0.2, 0) is 0 Å². The van der Waals surface area contributed by atoms with E-state index < -0.39 is 0 Å². The summed E-state index contributed by atoms with van der Waals surface area (Å²) in [5.41, 5.74) is 2.24. The van der Waals surface area contributed by atoms with E-state index in [1.54, 1.807) is 11.8 Å². The highest BCUT2D eigenvalue weighted by molar-refractivity contribution is 7.99. The fourth-order valence-electron chi connectivity index (χ4n) is 2.03. The summed E-state index contributed by atoms with van der Waals surface area (Å²) in [6, 6.07) is 18.0. The predicted octanol–water partition coefficient (Wildman–Crippen LogP) is 3.95. The van der Waals surface area contributed by atoms with Crippen LogP contribution in [0.25, 0.3) is 11.4 Å². The van der Waals surface area contributed by atoms with Crippen molar-refractivity contribution in [3.05, 3.63) is 60.2 Å². The molecule has 0 atom stereocenters. The van der Waals surface area contributed by atoms with Gasteiger partial charge in [-0.2, -0.15) is 0 Å². The number of rotatable bonds is 6. The van der Waals surface area contributed by atoms with Gasteiger partial charge in [-0.25, -0.2) is 4.98 Å². The molecule has 0 radical (unpaired) electrons.